The van der Waals surface area contributed by atoms with Crippen molar-refractivity contribution in [2.75, 3.05) is 13.7 Å². The van der Waals surface area contributed by atoms with E-state index in [0.717, 1.165) is 0 Å². The predicted octanol–water partition coefficient (Wildman–Crippen LogP) is 1.91. The Balaban J connectivity index is 2.51. The molecule has 0 aliphatic carbocycles. The van der Waals surface area contributed by atoms with Gasteiger partial charge in [-0.2, -0.15) is 0 Å². The van der Waals surface area contributed by atoms with Crippen molar-refractivity contribution in [3.63, 3.8) is 0 Å². The fraction of sp³-hybridized carbons (Fsp3) is 0.467. The number of methoxy groups -OCH3 is 1. The van der Waals surface area contributed by atoms with E-state index >= 15 is 0 Å². The molecule has 0 spiro atoms. The van der Waals surface area contributed by atoms with E-state index in [4.69, 9.17) is 4.74 Å². The summed E-state index contributed by atoms with van der Waals surface area (Å²) in [5.74, 6) is -0.930. The van der Waals surface area contributed by atoms with Crippen molar-refractivity contribution in [3.05, 3.63) is 30.1 Å². The lowest BCUT2D eigenvalue weighted by Crippen LogP contribution is -2.44. The van der Waals surface area contributed by atoms with Crippen molar-refractivity contribution in [1.29, 1.82) is 0 Å². The predicted molar refractivity (Wildman–Crippen MR) is 75.3 cm³/mol. The Labute approximate surface area is 123 Å². The Bertz CT molecular complexity index is 490. The van der Waals surface area contributed by atoms with Gasteiger partial charge < -0.3 is 14.8 Å². The van der Waals surface area contributed by atoms with Gasteiger partial charge in [0.2, 0.25) is 0 Å². The van der Waals surface area contributed by atoms with E-state index in [0.29, 0.717) is 6.42 Å². The second-order valence-electron chi connectivity index (χ2n) is 5.02. The zero-order chi connectivity index (χ0) is 15.8. The van der Waals surface area contributed by atoms with Gasteiger partial charge in [0.25, 0.3) is 5.91 Å². The van der Waals surface area contributed by atoms with Gasteiger partial charge in [0.1, 0.15) is 17.6 Å². The molecular formula is C15H20FNO4. The van der Waals surface area contributed by atoms with Crippen LogP contribution in [-0.4, -0.2) is 31.6 Å². The third-order valence-electron chi connectivity index (χ3n) is 2.69. The number of benzene rings is 1. The number of halogens is 1. The minimum Gasteiger partial charge on any atom is -0.484 e. The van der Waals surface area contributed by atoms with Gasteiger partial charge in [0.15, 0.2) is 6.61 Å². The van der Waals surface area contributed by atoms with Crippen LogP contribution in [0.2, 0.25) is 0 Å². The number of carbonyl (C=O) groups excluding carboxylic acids is 2. The van der Waals surface area contributed by atoms with Crippen molar-refractivity contribution in [2.45, 2.75) is 26.3 Å². The van der Waals surface area contributed by atoms with E-state index in [2.05, 4.69) is 10.1 Å². The molecular weight excluding hydrogens is 277 g/mol. The first kappa shape index (κ1) is 16.9. The van der Waals surface area contributed by atoms with E-state index in [1.165, 1.54) is 25.3 Å². The lowest BCUT2D eigenvalue weighted by molar-refractivity contribution is -0.145. The van der Waals surface area contributed by atoms with Crippen molar-refractivity contribution in [1.82, 2.24) is 5.32 Å². The number of amides is 1. The van der Waals surface area contributed by atoms with Gasteiger partial charge in [-0.3, -0.25) is 4.79 Å². The summed E-state index contributed by atoms with van der Waals surface area (Å²) in [5, 5.41) is 2.55. The molecule has 6 heteroatoms. The van der Waals surface area contributed by atoms with Crippen LogP contribution in [0, 0.1) is 11.7 Å². The third-order valence-corrected chi connectivity index (χ3v) is 2.69. The number of rotatable bonds is 7. The molecule has 1 N–H and O–H groups in total. The first-order valence-electron chi connectivity index (χ1n) is 6.68. The standard InChI is InChI=1S/C15H20FNO4/c1-10(2)7-13(15(19)20-3)17-14(18)9-21-12-6-4-5-11(16)8-12/h4-6,8,10,13H,7,9H2,1-3H3,(H,17,18). The number of nitrogens with one attached hydrogen (secondary N) is 1. The molecule has 0 saturated carbocycles. The molecule has 0 heterocycles. The number of hydrogen-bond donors (Lipinski definition) is 1. The molecule has 5 nitrogen and oxygen atoms in total. The third kappa shape index (κ3) is 6.25. The lowest BCUT2D eigenvalue weighted by atomic mass is 10.0. The Morgan fingerprint density at radius 2 is 2.05 bits per heavy atom. The molecule has 1 atom stereocenters. The highest BCUT2D eigenvalue weighted by molar-refractivity contribution is 5.85. The monoisotopic (exact) mass is 297 g/mol. The second-order valence-corrected chi connectivity index (χ2v) is 5.02. The highest BCUT2D eigenvalue weighted by Gasteiger charge is 2.22. The van der Waals surface area contributed by atoms with Crippen LogP contribution in [0.25, 0.3) is 0 Å². The van der Waals surface area contributed by atoms with Gasteiger partial charge >= 0.3 is 5.97 Å². The summed E-state index contributed by atoms with van der Waals surface area (Å²) in [6.07, 6.45) is 0.471. The van der Waals surface area contributed by atoms with Crippen LogP contribution in [0.1, 0.15) is 20.3 Å². The molecule has 1 unspecified atom stereocenters. The number of carbonyl (C=O) groups is 2. The van der Waals surface area contributed by atoms with E-state index in [1.807, 2.05) is 13.8 Å². The molecule has 0 fully saturated rings. The highest BCUT2D eigenvalue weighted by atomic mass is 19.1. The van der Waals surface area contributed by atoms with Gasteiger partial charge in [0, 0.05) is 6.07 Å². The van der Waals surface area contributed by atoms with Crippen LogP contribution in [-0.2, 0) is 14.3 Å². The Kier molecular flexibility index (Phi) is 6.65. The molecule has 1 aromatic rings. The summed E-state index contributed by atoms with van der Waals surface area (Å²) < 4.78 is 22.8. The maximum atomic E-state index is 13.0. The van der Waals surface area contributed by atoms with E-state index < -0.39 is 23.7 Å². The summed E-state index contributed by atoms with van der Waals surface area (Å²) >= 11 is 0. The first-order valence-corrected chi connectivity index (χ1v) is 6.68. The minimum atomic E-state index is -0.710. The van der Waals surface area contributed by atoms with Crippen LogP contribution in [0.4, 0.5) is 4.39 Å². The summed E-state index contributed by atoms with van der Waals surface area (Å²) in [4.78, 5) is 23.4. The summed E-state index contributed by atoms with van der Waals surface area (Å²) in [5.41, 5.74) is 0. The molecule has 0 aliphatic heterocycles. The molecule has 0 aromatic heterocycles. The van der Waals surface area contributed by atoms with Crippen LogP contribution < -0.4 is 10.1 Å². The van der Waals surface area contributed by atoms with Crippen LogP contribution in [0.15, 0.2) is 24.3 Å². The van der Waals surface area contributed by atoms with E-state index in [1.54, 1.807) is 6.07 Å². The molecule has 0 radical (unpaired) electrons. The average molecular weight is 297 g/mol. The first-order chi connectivity index (χ1) is 9.92. The Morgan fingerprint density at radius 3 is 2.62 bits per heavy atom. The summed E-state index contributed by atoms with van der Waals surface area (Å²) in [7, 11) is 1.27. The second kappa shape index (κ2) is 8.24. The van der Waals surface area contributed by atoms with Gasteiger partial charge in [-0.1, -0.05) is 19.9 Å². The summed E-state index contributed by atoms with van der Waals surface area (Å²) in [6.45, 7) is 3.58. The number of ether oxygens (including phenoxy) is 2. The van der Waals surface area contributed by atoms with Gasteiger partial charge in [0.05, 0.1) is 7.11 Å². The maximum absolute atomic E-state index is 13.0. The molecule has 1 amide bonds. The van der Waals surface area contributed by atoms with Crippen LogP contribution in [0.5, 0.6) is 5.75 Å². The molecule has 1 rings (SSSR count). The van der Waals surface area contributed by atoms with E-state index in [9.17, 15) is 14.0 Å². The van der Waals surface area contributed by atoms with Gasteiger partial charge in [-0.15, -0.1) is 0 Å². The molecule has 116 valence electrons. The average Bonchev–Trinajstić information content (AvgIpc) is 2.43. The van der Waals surface area contributed by atoms with Crippen LogP contribution >= 0.6 is 0 Å². The maximum Gasteiger partial charge on any atom is 0.328 e. The van der Waals surface area contributed by atoms with Crippen molar-refractivity contribution in [2.24, 2.45) is 5.92 Å². The molecule has 21 heavy (non-hydrogen) atoms. The van der Waals surface area contributed by atoms with Crippen molar-refractivity contribution in [3.8, 4) is 5.75 Å². The smallest absolute Gasteiger partial charge is 0.328 e. The topological polar surface area (TPSA) is 64.6 Å². The molecule has 0 saturated heterocycles. The fourth-order valence-corrected chi connectivity index (χ4v) is 1.77. The van der Waals surface area contributed by atoms with E-state index in [-0.39, 0.29) is 18.3 Å². The van der Waals surface area contributed by atoms with Crippen molar-refractivity contribution < 1.29 is 23.5 Å². The summed E-state index contributed by atoms with van der Waals surface area (Å²) in [6, 6.07) is 4.78. The quantitative estimate of drug-likeness (QED) is 0.781. The molecule has 0 bridgehead atoms. The van der Waals surface area contributed by atoms with Crippen molar-refractivity contribution >= 4 is 11.9 Å². The lowest BCUT2D eigenvalue weighted by Gasteiger charge is -2.18. The normalized spacial score (nSPS) is 11.9. The van der Waals surface area contributed by atoms with Gasteiger partial charge in [-0.25, -0.2) is 9.18 Å². The molecule has 0 aliphatic rings. The van der Waals surface area contributed by atoms with Crippen LogP contribution in [0.3, 0.4) is 0 Å². The number of esters is 1. The highest BCUT2D eigenvalue weighted by Crippen LogP contribution is 2.12. The SMILES string of the molecule is COC(=O)C(CC(C)C)NC(=O)COc1cccc(F)c1. The largest absolute Gasteiger partial charge is 0.484 e. The Hall–Kier alpha value is -2.11. The Morgan fingerprint density at radius 1 is 1.33 bits per heavy atom. The molecule has 1 aromatic carbocycles. The zero-order valence-electron chi connectivity index (χ0n) is 12.4. The van der Waals surface area contributed by atoms with Gasteiger partial charge in [-0.05, 0) is 24.5 Å². The fourth-order valence-electron chi connectivity index (χ4n) is 1.77. The minimum absolute atomic E-state index is 0.221. The zero-order valence-corrected chi connectivity index (χ0v) is 12.4. The number of hydrogen-bond acceptors (Lipinski definition) is 4.